The zero-order chi connectivity index (χ0) is 18.6. The number of hydrogen-bond acceptors (Lipinski definition) is 1. The standard InChI is InChI=1S/C24H23OP/c1-19(2)18-24(21-16-14-20(3)15-17-21)26(25,22-10-6-4-7-11-22)23-12-8-5-9-13-23/h4-18H,1H2,2-3H3/b24-18+. The largest absolute Gasteiger partial charge is 0.309 e. The lowest BCUT2D eigenvalue weighted by Gasteiger charge is -2.23. The molecule has 1 nitrogen and oxygen atoms in total. The molecule has 26 heavy (non-hydrogen) atoms. The molecule has 0 amide bonds. The fourth-order valence-electron chi connectivity index (χ4n) is 3.02. The third-order valence-electron chi connectivity index (χ3n) is 4.31. The van der Waals surface area contributed by atoms with Gasteiger partial charge >= 0.3 is 0 Å². The number of aryl methyl sites for hydroxylation is 1. The summed E-state index contributed by atoms with van der Waals surface area (Å²) >= 11 is 0. The van der Waals surface area contributed by atoms with E-state index >= 15 is 0 Å². The van der Waals surface area contributed by atoms with Crippen LogP contribution in [0.4, 0.5) is 0 Å². The van der Waals surface area contributed by atoms with Crippen molar-refractivity contribution in [2.24, 2.45) is 0 Å². The molecule has 0 saturated carbocycles. The zero-order valence-electron chi connectivity index (χ0n) is 15.2. The summed E-state index contributed by atoms with van der Waals surface area (Å²) in [5.41, 5.74) is 3.03. The van der Waals surface area contributed by atoms with E-state index < -0.39 is 7.14 Å². The van der Waals surface area contributed by atoms with E-state index in [1.165, 1.54) is 5.56 Å². The van der Waals surface area contributed by atoms with Gasteiger partial charge in [0.25, 0.3) is 0 Å². The van der Waals surface area contributed by atoms with Crippen LogP contribution in [0, 0.1) is 6.92 Å². The van der Waals surface area contributed by atoms with Gasteiger partial charge in [-0.3, -0.25) is 0 Å². The smallest absolute Gasteiger partial charge is 0.171 e. The molecule has 0 unspecified atom stereocenters. The van der Waals surface area contributed by atoms with E-state index in [9.17, 15) is 4.57 Å². The highest BCUT2D eigenvalue weighted by Crippen LogP contribution is 2.56. The average Bonchev–Trinajstić information content (AvgIpc) is 2.67. The summed E-state index contributed by atoms with van der Waals surface area (Å²) in [7, 11) is -3.02. The minimum Gasteiger partial charge on any atom is -0.309 e. The van der Waals surface area contributed by atoms with E-state index in [2.05, 4.69) is 25.6 Å². The van der Waals surface area contributed by atoms with Crippen LogP contribution in [-0.4, -0.2) is 0 Å². The predicted molar refractivity (Wildman–Crippen MR) is 114 cm³/mol. The molecule has 2 heteroatoms. The minimum absolute atomic E-state index is 0.822. The molecule has 0 heterocycles. The molecule has 3 aromatic carbocycles. The monoisotopic (exact) mass is 358 g/mol. The van der Waals surface area contributed by atoms with Crippen LogP contribution in [0.1, 0.15) is 18.1 Å². The summed E-state index contributed by atoms with van der Waals surface area (Å²) in [5, 5.41) is 2.49. The molecule has 3 aromatic rings. The summed E-state index contributed by atoms with van der Waals surface area (Å²) in [4.78, 5) is 0. The van der Waals surface area contributed by atoms with Crippen molar-refractivity contribution < 1.29 is 4.57 Å². The Hall–Kier alpha value is -2.63. The first kappa shape index (κ1) is 18.2. The minimum atomic E-state index is -3.02. The predicted octanol–water partition coefficient (Wildman–Crippen LogP) is 5.93. The molecule has 0 aliphatic heterocycles. The van der Waals surface area contributed by atoms with Gasteiger partial charge in [0.05, 0.1) is 0 Å². The first-order valence-corrected chi connectivity index (χ1v) is 10.4. The van der Waals surface area contributed by atoms with E-state index in [1.807, 2.05) is 85.8 Å². The van der Waals surface area contributed by atoms with Gasteiger partial charge in [-0.25, -0.2) is 0 Å². The van der Waals surface area contributed by atoms with Crippen molar-refractivity contribution in [1.29, 1.82) is 0 Å². The van der Waals surface area contributed by atoms with E-state index in [1.54, 1.807) is 0 Å². The molecule has 0 aromatic heterocycles. The summed E-state index contributed by atoms with van der Waals surface area (Å²) in [6.45, 7) is 8.04. The summed E-state index contributed by atoms with van der Waals surface area (Å²) in [6.07, 6.45) is 1.96. The lowest BCUT2D eigenvalue weighted by Crippen LogP contribution is -2.17. The molecular formula is C24H23OP. The van der Waals surface area contributed by atoms with E-state index in [0.717, 1.165) is 27.1 Å². The van der Waals surface area contributed by atoms with Gasteiger partial charge in [-0.05, 0) is 25.5 Å². The van der Waals surface area contributed by atoms with Crippen molar-refractivity contribution in [1.82, 2.24) is 0 Å². The Labute approximate surface area is 156 Å². The van der Waals surface area contributed by atoms with Crippen LogP contribution in [0.15, 0.2) is 103 Å². The van der Waals surface area contributed by atoms with Crippen LogP contribution in [0.25, 0.3) is 5.31 Å². The second-order valence-corrected chi connectivity index (χ2v) is 9.26. The van der Waals surface area contributed by atoms with Crippen LogP contribution in [0.5, 0.6) is 0 Å². The van der Waals surface area contributed by atoms with Gasteiger partial charge in [0, 0.05) is 15.9 Å². The zero-order valence-corrected chi connectivity index (χ0v) is 16.1. The van der Waals surface area contributed by atoms with Gasteiger partial charge in [0.1, 0.15) is 0 Å². The van der Waals surface area contributed by atoms with Gasteiger partial charge in [0.2, 0.25) is 0 Å². The SMILES string of the molecule is C=C(C)/C=C(\c1ccc(C)cc1)P(=O)(c1ccccc1)c1ccccc1. The Bertz CT molecular complexity index is 924. The second-order valence-electron chi connectivity index (χ2n) is 6.52. The van der Waals surface area contributed by atoms with Crippen molar-refractivity contribution in [2.45, 2.75) is 13.8 Å². The third-order valence-corrected chi connectivity index (χ3v) is 7.43. The number of hydrogen-bond donors (Lipinski definition) is 0. The molecule has 0 aliphatic rings. The van der Waals surface area contributed by atoms with Gasteiger partial charge in [-0.15, -0.1) is 0 Å². The average molecular weight is 358 g/mol. The van der Waals surface area contributed by atoms with Crippen molar-refractivity contribution in [3.05, 3.63) is 114 Å². The Morgan fingerprint density at radius 3 is 1.69 bits per heavy atom. The summed E-state index contributed by atoms with van der Waals surface area (Å²) < 4.78 is 14.6. The van der Waals surface area contributed by atoms with Crippen LogP contribution in [-0.2, 0) is 4.57 Å². The first-order valence-electron chi connectivity index (χ1n) is 8.68. The van der Waals surface area contributed by atoms with Crippen molar-refractivity contribution in [3.63, 3.8) is 0 Å². The van der Waals surface area contributed by atoms with Crippen LogP contribution in [0.2, 0.25) is 0 Å². The molecule has 130 valence electrons. The van der Waals surface area contributed by atoms with E-state index in [-0.39, 0.29) is 0 Å². The van der Waals surface area contributed by atoms with Crippen LogP contribution < -0.4 is 10.6 Å². The fourth-order valence-corrected chi connectivity index (χ4v) is 5.97. The molecule has 3 rings (SSSR count). The number of rotatable bonds is 5. The Morgan fingerprint density at radius 1 is 0.808 bits per heavy atom. The van der Waals surface area contributed by atoms with Crippen molar-refractivity contribution >= 4 is 23.1 Å². The highest BCUT2D eigenvalue weighted by atomic mass is 31.2. The maximum Gasteiger partial charge on any atom is 0.171 e. The molecule has 0 N–H and O–H groups in total. The molecule has 0 atom stereocenters. The first-order chi connectivity index (χ1) is 12.5. The van der Waals surface area contributed by atoms with Crippen molar-refractivity contribution in [2.75, 3.05) is 0 Å². The Balaban J connectivity index is 2.33. The maximum absolute atomic E-state index is 14.6. The highest BCUT2D eigenvalue weighted by molar-refractivity contribution is 7.87. The molecular weight excluding hydrogens is 335 g/mol. The second kappa shape index (κ2) is 7.72. The van der Waals surface area contributed by atoms with Crippen LogP contribution >= 0.6 is 7.14 Å². The Kier molecular flexibility index (Phi) is 5.40. The lowest BCUT2D eigenvalue weighted by atomic mass is 10.1. The number of benzene rings is 3. The van der Waals surface area contributed by atoms with E-state index in [4.69, 9.17) is 0 Å². The van der Waals surface area contributed by atoms with E-state index in [0.29, 0.717) is 0 Å². The quantitative estimate of drug-likeness (QED) is 0.408. The number of allylic oxidation sites excluding steroid dienone is 2. The third kappa shape index (κ3) is 3.64. The molecule has 0 spiro atoms. The summed E-state index contributed by atoms with van der Waals surface area (Å²) in [5.74, 6) is 0. The molecule has 0 fully saturated rings. The van der Waals surface area contributed by atoms with Gasteiger partial charge < -0.3 is 4.57 Å². The van der Waals surface area contributed by atoms with Crippen LogP contribution in [0.3, 0.4) is 0 Å². The fraction of sp³-hybridized carbons (Fsp3) is 0.0833. The molecule has 0 saturated heterocycles. The molecule has 0 bridgehead atoms. The lowest BCUT2D eigenvalue weighted by molar-refractivity contribution is 0.593. The molecule has 0 radical (unpaired) electrons. The van der Waals surface area contributed by atoms with Gasteiger partial charge in [-0.1, -0.05) is 103 Å². The highest BCUT2D eigenvalue weighted by Gasteiger charge is 2.32. The topological polar surface area (TPSA) is 17.1 Å². The Morgan fingerprint density at radius 2 is 1.27 bits per heavy atom. The summed E-state index contributed by atoms with van der Waals surface area (Å²) in [6, 6.07) is 27.7. The van der Waals surface area contributed by atoms with Gasteiger partial charge in [0.15, 0.2) is 7.14 Å². The normalized spacial score (nSPS) is 12.0. The van der Waals surface area contributed by atoms with Crippen molar-refractivity contribution in [3.8, 4) is 0 Å². The van der Waals surface area contributed by atoms with Gasteiger partial charge in [-0.2, -0.15) is 0 Å². The molecule has 0 aliphatic carbocycles. The maximum atomic E-state index is 14.6.